The standard InChI is InChI=1S/C10H9NS/c1-8-7-12-10-5-3-2-4-9(10)6-11-8/h2-7H,1H3. The zero-order valence-electron chi connectivity index (χ0n) is 6.82. The van der Waals surface area contributed by atoms with Gasteiger partial charge in [-0.1, -0.05) is 30.0 Å². The summed E-state index contributed by atoms with van der Waals surface area (Å²) < 4.78 is 0. The summed E-state index contributed by atoms with van der Waals surface area (Å²) in [4.78, 5) is 5.56. The van der Waals surface area contributed by atoms with E-state index >= 15 is 0 Å². The van der Waals surface area contributed by atoms with Crippen LogP contribution in [0.25, 0.3) is 0 Å². The van der Waals surface area contributed by atoms with Crippen LogP contribution in [0.4, 0.5) is 0 Å². The molecule has 1 nitrogen and oxygen atoms in total. The minimum absolute atomic E-state index is 1.07. The second-order valence-electron chi connectivity index (χ2n) is 2.67. The molecule has 0 saturated carbocycles. The lowest BCUT2D eigenvalue weighted by molar-refractivity contribution is 1.33. The van der Waals surface area contributed by atoms with Crippen molar-refractivity contribution < 1.29 is 0 Å². The highest BCUT2D eigenvalue weighted by Crippen LogP contribution is 2.26. The summed E-state index contributed by atoms with van der Waals surface area (Å²) in [5, 5.41) is 2.07. The normalized spacial score (nSPS) is 14.9. The maximum Gasteiger partial charge on any atom is 0.0439 e. The molecule has 1 aromatic carbocycles. The van der Waals surface area contributed by atoms with Gasteiger partial charge < -0.3 is 0 Å². The Morgan fingerprint density at radius 2 is 2.08 bits per heavy atom. The van der Waals surface area contributed by atoms with Gasteiger partial charge in [0, 0.05) is 22.4 Å². The van der Waals surface area contributed by atoms with Crippen molar-refractivity contribution in [3.05, 3.63) is 40.9 Å². The average Bonchev–Trinajstić information content (AvgIpc) is 2.29. The molecule has 0 aromatic heterocycles. The second-order valence-corrected chi connectivity index (χ2v) is 3.58. The predicted molar refractivity (Wildman–Crippen MR) is 53.7 cm³/mol. The molecular formula is C10H9NS. The van der Waals surface area contributed by atoms with E-state index in [0.717, 1.165) is 5.70 Å². The van der Waals surface area contributed by atoms with Crippen molar-refractivity contribution in [1.29, 1.82) is 0 Å². The van der Waals surface area contributed by atoms with Gasteiger partial charge in [0.25, 0.3) is 0 Å². The molecule has 0 unspecified atom stereocenters. The van der Waals surface area contributed by atoms with Crippen molar-refractivity contribution >= 4 is 18.0 Å². The largest absolute Gasteiger partial charge is 0.260 e. The molecule has 0 saturated heterocycles. The minimum atomic E-state index is 1.07. The molecule has 1 heterocycles. The van der Waals surface area contributed by atoms with E-state index in [0.29, 0.717) is 0 Å². The fourth-order valence-electron chi connectivity index (χ4n) is 1.05. The number of hydrogen-bond donors (Lipinski definition) is 0. The molecule has 0 bridgehead atoms. The van der Waals surface area contributed by atoms with Crippen molar-refractivity contribution in [3.63, 3.8) is 0 Å². The third-order valence-corrected chi connectivity index (χ3v) is 2.77. The number of thioether (sulfide) groups is 1. The Hall–Kier alpha value is -1.02. The van der Waals surface area contributed by atoms with Crippen molar-refractivity contribution in [1.82, 2.24) is 0 Å². The van der Waals surface area contributed by atoms with Gasteiger partial charge in [0.1, 0.15) is 0 Å². The summed E-state index contributed by atoms with van der Waals surface area (Å²) in [7, 11) is 0. The van der Waals surface area contributed by atoms with E-state index in [9.17, 15) is 0 Å². The van der Waals surface area contributed by atoms with Crippen molar-refractivity contribution in [2.24, 2.45) is 4.99 Å². The smallest absolute Gasteiger partial charge is 0.0439 e. The van der Waals surface area contributed by atoms with Gasteiger partial charge in [-0.3, -0.25) is 4.99 Å². The van der Waals surface area contributed by atoms with Crippen LogP contribution in [0.2, 0.25) is 0 Å². The Kier molecular flexibility index (Phi) is 2.00. The van der Waals surface area contributed by atoms with Crippen LogP contribution in [0, 0.1) is 0 Å². The fourth-order valence-corrected chi connectivity index (χ4v) is 1.82. The maximum absolute atomic E-state index is 4.28. The first-order chi connectivity index (χ1) is 5.86. The third-order valence-electron chi connectivity index (χ3n) is 1.68. The predicted octanol–water partition coefficient (Wildman–Crippen LogP) is 3.07. The van der Waals surface area contributed by atoms with E-state index < -0.39 is 0 Å². The molecule has 0 N–H and O–H groups in total. The highest BCUT2D eigenvalue weighted by atomic mass is 32.2. The molecule has 1 aromatic rings. The number of fused-ring (bicyclic) bond motifs is 1. The molecule has 0 radical (unpaired) electrons. The quantitative estimate of drug-likeness (QED) is 0.590. The van der Waals surface area contributed by atoms with Gasteiger partial charge in [-0.25, -0.2) is 0 Å². The number of rotatable bonds is 0. The highest BCUT2D eigenvalue weighted by molar-refractivity contribution is 8.02. The van der Waals surface area contributed by atoms with E-state index in [4.69, 9.17) is 0 Å². The molecule has 0 aliphatic carbocycles. The summed E-state index contributed by atoms with van der Waals surface area (Å²) in [6.45, 7) is 2.01. The van der Waals surface area contributed by atoms with E-state index in [2.05, 4.69) is 22.5 Å². The lowest BCUT2D eigenvalue weighted by atomic mass is 10.2. The van der Waals surface area contributed by atoms with Gasteiger partial charge in [-0.15, -0.1) is 0 Å². The molecular weight excluding hydrogens is 166 g/mol. The maximum atomic E-state index is 4.28. The zero-order chi connectivity index (χ0) is 8.39. The Labute approximate surface area is 76.2 Å². The SMILES string of the molecule is CC1=CSc2ccccc2C=N1. The highest BCUT2D eigenvalue weighted by Gasteiger charge is 2.01. The van der Waals surface area contributed by atoms with Crippen LogP contribution in [-0.2, 0) is 0 Å². The van der Waals surface area contributed by atoms with Crippen LogP contribution in [0.15, 0.2) is 45.3 Å². The molecule has 0 atom stereocenters. The lowest BCUT2D eigenvalue weighted by Crippen LogP contribution is -1.81. The molecule has 2 heteroatoms. The number of allylic oxidation sites excluding steroid dienone is 1. The number of nitrogens with zero attached hydrogens (tertiary/aromatic N) is 1. The van der Waals surface area contributed by atoms with Gasteiger partial charge in [0.05, 0.1) is 0 Å². The summed E-state index contributed by atoms with van der Waals surface area (Å²) in [5.74, 6) is 0. The van der Waals surface area contributed by atoms with Crippen molar-refractivity contribution in [2.45, 2.75) is 11.8 Å². The average molecular weight is 175 g/mol. The van der Waals surface area contributed by atoms with E-state index in [1.165, 1.54) is 10.5 Å². The third kappa shape index (κ3) is 1.43. The minimum Gasteiger partial charge on any atom is -0.260 e. The Balaban J connectivity index is 2.48. The number of hydrogen-bond acceptors (Lipinski definition) is 2. The fraction of sp³-hybridized carbons (Fsp3) is 0.100. The summed E-state index contributed by atoms with van der Waals surface area (Å²) in [5.41, 5.74) is 2.27. The van der Waals surface area contributed by atoms with E-state index in [1.807, 2.05) is 25.3 Å². The van der Waals surface area contributed by atoms with Crippen molar-refractivity contribution in [3.8, 4) is 0 Å². The molecule has 0 fully saturated rings. The molecule has 12 heavy (non-hydrogen) atoms. The number of benzene rings is 1. The molecule has 60 valence electrons. The summed E-state index contributed by atoms with van der Waals surface area (Å²) in [6.07, 6.45) is 1.92. The van der Waals surface area contributed by atoms with Gasteiger partial charge in [-0.05, 0) is 18.4 Å². The molecule has 0 amide bonds. The molecule has 0 spiro atoms. The van der Waals surface area contributed by atoms with Gasteiger partial charge in [-0.2, -0.15) is 0 Å². The Morgan fingerprint density at radius 3 is 3.00 bits per heavy atom. The molecule has 2 rings (SSSR count). The van der Waals surface area contributed by atoms with Gasteiger partial charge in [0.15, 0.2) is 0 Å². The topological polar surface area (TPSA) is 12.4 Å². The first-order valence-electron chi connectivity index (χ1n) is 3.83. The first kappa shape index (κ1) is 7.62. The van der Waals surface area contributed by atoms with Crippen LogP contribution in [0.1, 0.15) is 12.5 Å². The Bertz CT molecular complexity index is 353. The van der Waals surface area contributed by atoms with E-state index in [-0.39, 0.29) is 0 Å². The van der Waals surface area contributed by atoms with Crippen LogP contribution < -0.4 is 0 Å². The van der Waals surface area contributed by atoms with Crippen LogP contribution in [0.3, 0.4) is 0 Å². The second kappa shape index (κ2) is 3.15. The summed E-state index contributed by atoms with van der Waals surface area (Å²) >= 11 is 1.73. The van der Waals surface area contributed by atoms with Crippen LogP contribution in [-0.4, -0.2) is 6.21 Å². The number of aliphatic imine (C=N–C) groups is 1. The van der Waals surface area contributed by atoms with Gasteiger partial charge >= 0.3 is 0 Å². The Morgan fingerprint density at radius 1 is 1.25 bits per heavy atom. The molecule has 1 aliphatic heterocycles. The van der Waals surface area contributed by atoms with Crippen molar-refractivity contribution in [2.75, 3.05) is 0 Å². The van der Waals surface area contributed by atoms with Crippen LogP contribution in [0.5, 0.6) is 0 Å². The molecule has 1 aliphatic rings. The van der Waals surface area contributed by atoms with Gasteiger partial charge in [0.2, 0.25) is 0 Å². The van der Waals surface area contributed by atoms with Crippen LogP contribution >= 0.6 is 11.8 Å². The lowest BCUT2D eigenvalue weighted by Gasteiger charge is -1.97. The van der Waals surface area contributed by atoms with E-state index in [1.54, 1.807) is 11.8 Å². The monoisotopic (exact) mass is 175 g/mol. The first-order valence-corrected chi connectivity index (χ1v) is 4.71. The zero-order valence-corrected chi connectivity index (χ0v) is 7.64. The summed E-state index contributed by atoms with van der Waals surface area (Å²) in [6, 6.07) is 8.28.